The maximum absolute atomic E-state index is 13.2. The molecule has 2 N–H and O–H groups in total. The van der Waals surface area contributed by atoms with E-state index in [0.717, 1.165) is 6.07 Å². The minimum atomic E-state index is -4.66. The lowest BCUT2D eigenvalue weighted by Gasteiger charge is -2.11. The Labute approximate surface area is 123 Å². The highest BCUT2D eigenvalue weighted by atomic mass is 19.4. The van der Waals surface area contributed by atoms with Gasteiger partial charge in [-0.2, -0.15) is 13.2 Å². The Morgan fingerprint density at radius 3 is 2.41 bits per heavy atom. The van der Waals surface area contributed by atoms with Gasteiger partial charge in [-0.3, -0.25) is 14.3 Å². The molecule has 0 radical (unpaired) electrons. The Hall–Kier alpha value is -2.83. The van der Waals surface area contributed by atoms with E-state index in [1.165, 1.54) is 42.7 Å². The first kappa shape index (κ1) is 14.1. The van der Waals surface area contributed by atoms with Gasteiger partial charge in [-0.1, -0.05) is 0 Å². The van der Waals surface area contributed by atoms with Crippen LogP contribution >= 0.6 is 0 Å². The van der Waals surface area contributed by atoms with Crippen molar-refractivity contribution in [3.8, 4) is 0 Å². The Morgan fingerprint density at radius 2 is 1.77 bits per heavy atom. The Balaban J connectivity index is 2.29. The maximum Gasteiger partial charge on any atom is 0.431 e. The van der Waals surface area contributed by atoms with Crippen LogP contribution < -0.4 is 5.73 Å². The molecule has 22 heavy (non-hydrogen) atoms. The van der Waals surface area contributed by atoms with Crippen molar-refractivity contribution in [1.82, 2.24) is 9.55 Å². The van der Waals surface area contributed by atoms with Crippen molar-refractivity contribution in [3.63, 3.8) is 0 Å². The minimum absolute atomic E-state index is 0.120. The zero-order valence-electron chi connectivity index (χ0n) is 11.1. The molecule has 0 aliphatic heterocycles. The minimum Gasteiger partial charge on any atom is -0.399 e. The number of nitrogens with two attached hydrogens (primary N) is 1. The fourth-order valence-electron chi connectivity index (χ4n) is 2.28. The summed E-state index contributed by atoms with van der Waals surface area (Å²) in [5.74, 6) is -0.769. The number of nitrogen functional groups attached to an aromatic ring is 1. The zero-order chi connectivity index (χ0) is 15.9. The summed E-state index contributed by atoms with van der Waals surface area (Å²) in [4.78, 5) is 16.2. The van der Waals surface area contributed by atoms with E-state index < -0.39 is 17.8 Å². The van der Waals surface area contributed by atoms with Crippen LogP contribution in [0.25, 0.3) is 10.9 Å². The van der Waals surface area contributed by atoms with Crippen molar-refractivity contribution < 1.29 is 18.0 Å². The third-order valence-electron chi connectivity index (χ3n) is 3.25. The summed E-state index contributed by atoms with van der Waals surface area (Å²) in [6, 6.07) is 7.92. The number of benzene rings is 1. The average molecular weight is 305 g/mol. The van der Waals surface area contributed by atoms with Gasteiger partial charge in [-0.05, 0) is 36.4 Å². The molecule has 4 nitrogen and oxygen atoms in total. The van der Waals surface area contributed by atoms with Gasteiger partial charge in [-0.15, -0.1) is 0 Å². The van der Waals surface area contributed by atoms with Crippen molar-refractivity contribution in [2.75, 3.05) is 5.73 Å². The van der Waals surface area contributed by atoms with E-state index in [4.69, 9.17) is 5.73 Å². The summed E-state index contributed by atoms with van der Waals surface area (Å²) in [5.41, 5.74) is 5.17. The number of halogens is 3. The number of pyridine rings is 1. The maximum atomic E-state index is 13.2. The highest BCUT2D eigenvalue weighted by Gasteiger charge is 2.37. The van der Waals surface area contributed by atoms with E-state index in [0.29, 0.717) is 10.3 Å². The smallest absolute Gasteiger partial charge is 0.399 e. The van der Waals surface area contributed by atoms with Gasteiger partial charge in [0, 0.05) is 29.0 Å². The van der Waals surface area contributed by atoms with Gasteiger partial charge in [0.05, 0.1) is 5.52 Å². The number of fused-ring (bicyclic) bond motifs is 1. The summed E-state index contributed by atoms with van der Waals surface area (Å²) in [7, 11) is 0. The van der Waals surface area contributed by atoms with E-state index in [-0.39, 0.29) is 16.5 Å². The third-order valence-corrected chi connectivity index (χ3v) is 3.25. The lowest BCUT2D eigenvalue weighted by Crippen LogP contribution is -2.20. The SMILES string of the molecule is Nc1ccc2c(c1)cc(C(F)(F)F)n2C(=O)c1ccncc1. The van der Waals surface area contributed by atoms with Crippen LogP contribution in [0, 0.1) is 0 Å². The van der Waals surface area contributed by atoms with Gasteiger partial charge < -0.3 is 5.73 Å². The Kier molecular flexibility index (Phi) is 3.13. The molecule has 0 saturated carbocycles. The molecule has 0 unspecified atom stereocenters. The van der Waals surface area contributed by atoms with Crippen LogP contribution in [0.4, 0.5) is 18.9 Å². The quantitative estimate of drug-likeness (QED) is 0.702. The normalized spacial score (nSPS) is 11.8. The molecule has 1 aromatic carbocycles. The van der Waals surface area contributed by atoms with Crippen molar-refractivity contribution in [2.45, 2.75) is 6.18 Å². The first-order chi connectivity index (χ1) is 10.4. The summed E-state index contributed by atoms with van der Waals surface area (Å²) >= 11 is 0. The molecular weight excluding hydrogens is 295 g/mol. The summed E-state index contributed by atoms with van der Waals surface area (Å²) < 4.78 is 40.4. The molecule has 2 aromatic heterocycles. The number of aromatic nitrogens is 2. The fraction of sp³-hybridized carbons (Fsp3) is 0.0667. The van der Waals surface area contributed by atoms with Gasteiger partial charge in [0.1, 0.15) is 5.69 Å². The van der Waals surface area contributed by atoms with Crippen LogP contribution in [0.15, 0.2) is 48.8 Å². The number of alkyl halides is 3. The van der Waals surface area contributed by atoms with Gasteiger partial charge >= 0.3 is 6.18 Å². The van der Waals surface area contributed by atoms with Crippen LogP contribution in [-0.2, 0) is 6.18 Å². The van der Waals surface area contributed by atoms with Crippen LogP contribution in [-0.4, -0.2) is 15.5 Å². The largest absolute Gasteiger partial charge is 0.431 e. The van der Waals surface area contributed by atoms with Crippen LogP contribution in [0.1, 0.15) is 16.1 Å². The Bertz CT molecular complexity index is 854. The molecule has 3 aromatic rings. The first-order valence-electron chi connectivity index (χ1n) is 6.31. The number of hydrogen-bond donors (Lipinski definition) is 1. The highest BCUT2D eigenvalue weighted by Crippen LogP contribution is 2.35. The van der Waals surface area contributed by atoms with Crippen molar-refractivity contribution >= 4 is 22.5 Å². The molecule has 0 spiro atoms. The second kappa shape index (κ2) is 4.87. The summed E-state index contributed by atoms with van der Waals surface area (Å²) in [5, 5.41) is 0.259. The second-order valence-corrected chi connectivity index (χ2v) is 4.72. The molecular formula is C15H10F3N3O. The standard InChI is InChI=1S/C15H10F3N3O/c16-15(17,18)13-8-10-7-11(19)1-2-12(10)21(13)14(22)9-3-5-20-6-4-9/h1-8H,19H2. The van der Waals surface area contributed by atoms with E-state index in [1.807, 2.05) is 0 Å². The molecule has 0 amide bonds. The third kappa shape index (κ3) is 2.30. The molecule has 7 heteroatoms. The summed E-state index contributed by atoms with van der Waals surface area (Å²) in [6.45, 7) is 0. The van der Waals surface area contributed by atoms with E-state index in [1.54, 1.807) is 0 Å². The predicted octanol–water partition coefficient (Wildman–Crippen LogP) is 3.33. The van der Waals surface area contributed by atoms with Crippen LogP contribution in [0.2, 0.25) is 0 Å². The van der Waals surface area contributed by atoms with Gasteiger partial charge in [0.25, 0.3) is 5.91 Å². The average Bonchev–Trinajstić information content (AvgIpc) is 2.86. The predicted molar refractivity (Wildman–Crippen MR) is 75.3 cm³/mol. The van der Waals surface area contributed by atoms with Gasteiger partial charge in [0.2, 0.25) is 0 Å². The molecule has 0 saturated heterocycles. The molecule has 0 atom stereocenters. The molecule has 0 aliphatic carbocycles. The Morgan fingerprint density at radius 1 is 1.09 bits per heavy atom. The first-order valence-corrected chi connectivity index (χ1v) is 6.31. The van der Waals surface area contributed by atoms with Crippen molar-refractivity contribution in [3.05, 3.63) is 60.0 Å². The zero-order valence-corrected chi connectivity index (χ0v) is 11.1. The van der Waals surface area contributed by atoms with Crippen LogP contribution in [0.5, 0.6) is 0 Å². The number of hydrogen-bond acceptors (Lipinski definition) is 3. The second-order valence-electron chi connectivity index (χ2n) is 4.72. The van der Waals surface area contributed by atoms with Gasteiger partial charge in [0.15, 0.2) is 0 Å². The monoisotopic (exact) mass is 305 g/mol. The molecule has 0 fully saturated rings. The number of rotatable bonds is 1. The highest BCUT2D eigenvalue weighted by molar-refractivity contribution is 6.03. The fourth-order valence-corrected chi connectivity index (χ4v) is 2.28. The number of carbonyl (C=O) groups excluding carboxylic acids is 1. The lowest BCUT2D eigenvalue weighted by molar-refractivity contribution is -0.142. The van der Waals surface area contributed by atoms with E-state index in [2.05, 4.69) is 4.98 Å². The molecule has 3 rings (SSSR count). The number of nitrogens with zero attached hydrogens (tertiary/aromatic N) is 2. The summed E-state index contributed by atoms with van der Waals surface area (Å²) in [6.07, 6.45) is -1.95. The lowest BCUT2D eigenvalue weighted by atomic mass is 10.2. The molecule has 0 bridgehead atoms. The van der Waals surface area contributed by atoms with E-state index >= 15 is 0 Å². The molecule has 2 heterocycles. The van der Waals surface area contributed by atoms with Crippen molar-refractivity contribution in [1.29, 1.82) is 0 Å². The number of carbonyl (C=O) groups is 1. The molecule has 112 valence electrons. The van der Waals surface area contributed by atoms with Gasteiger partial charge in [-0.25, -0.2) is 0 Å². The van der Waals surface area contributed by atoms with E-state index in [9.17, 15) is 18.0 Å². The number of anilines is 1. The van der Waals surface area contributed by atoms with Crippen LogP contribution in [0.3, 0.4) is 0 Å². The molecule has 0 aliphatic rings. The van der Waals surface area contributed by atoms with Crippen molar-refractivity contribution in [2.24, 2.45) is 0 Å². The topological polar surface area (TPSA) is 60.9 Å².